The van der Waals surface area contributed by atoms with Gasteiger partial charge in [0.1, 0.15) is 43.7 Å². The summed E-state index contributed by atoms with van der Waals surface area (Å²) in [6.07, 6.45) is 2.59. The van der Waals surface area contributed by atoms with Crippen molar-refractivity contribution in [3.8, 4) is 11.5 Å². The Kier molecular flexibility index (Phi) is 8.74. The highest BCUT2D eigenvalue weighted by Gasteiger charge is 2.33. The van der Waals surface area contributed by atoms with E-state index in [0.717, 1.165) is 17.5 Å². The molecule has 1 fully saturated rings. The van der Waals surface area contributed by atoms with Gasteiger partial charge in [0.2, 0.25) is 0 Å². The summed E-state index contributed by atoms with van der Waals surface area (Å²) >= 11 is 12.2. The zero-order valence-corrected chi connectivity index (χ0v) is 22.4. The zero-order chi connectivity index (χ0) is 25.7. The van der Waals surface area contributed by atoms with Crippen molar-refractivity contribution in [2.45, 2.75) is 25.9 Å². The number of morpholine rings is 1. The molecule has 194 valence electrons. The maximum atomic E-state index is 12.6. The molecule has 4 rings (SSSR count). The van der Waals surface area contributed by atoms with Crippen molar-refractivity contribution in [3.63, 3.8) is 0 Å². The molecular weight excluding hydrogens is 527 g/mol. The molecule has 0 saturated carbocycles. The van der Waals surface area contributed by atoms with Gasteiger partial charge in [-0.25, -0.2) is 14.3 Å². The summed E-state index contributed by atoms with van der Waals surface area (Å²) in [7, 11) is -1.67. The Morgan fingerprint density at radius 1 is 1.17 bits per heavy atom. The van der Waals surface area contributed by atoms with Gasteiger partial charge in [-0.15, -0.1) is 0 Å². The van der Waals surface area contributed by atoms with Crippen LogP contribution >= 0.6 is 23.2 Å². The van der Waals surface area contributed by atoms with E-state index in [1.807, 2.05) is 6.92 Å². The summed E-state index contributed by atoms with van der Waals surface area (Å²) < 4.78 is 43.2. The van der Waals surface area contributed by atoms with Gasteiger partial charge in [0.15, 0.2) is 11.5 Å². The van der Waals surface area contributed by atoms with Gasteiger partial charge in [-0.2, -0.15) is 8.42 Å². The number of aromatic nitrogens is 2. The topological polar surface area (TPSA) is 104 Å². The molecule has 1 saturated heterocycles. The van der Waals surface area contributed by atoms with E-state index in [4.69, 9.17) is 37.4 Å². The van der Waals surface area contributed by atoms with Crippen molar-refractivity contribution >= 4 is 55.6 Å². The Bertz CT molecular complexity index is 1330. The average Bonchev–Trinajstić information content (AvgIpc) is 2.88. The number of halogens is 2. The van der Waals surface area contributed by atoms with Crippen LogP contribution in [0.2, 0.25) is 10.0 Å². The number of sulfonamides is 1. The minimum Gasteiger partial charge on any atom is -0.493 e. The van der Waals surface area contributed by atoms with Crippen molar-refractivity contribution in [1.82, 2.24) is 9.97 Å². The molecule has 2 aromatic carbocycles. The molecule has 9 nitrogen and oxygen atoms in total. The van der Waals surface area contributed by atoms with Crippen LogP contribution in [0.15, 0.2) is 36.7 Å². The number of unbranched alkanes of at least 4 members (excludes halogenated alkanes) is 1. The molecular formula is C24H29Cl2N4O5S+. The van der Waals surface area contributed by atoms with Crippen molar-refractivity contribution in [2.75, 3.05) is 44.5 Å². The predicted octanol–water partition coefficient (Wildman–Crippen LogP) is 3.48. The number of hydrogen-bond donors (Lipinski definition) is 2. The third-order valence-corrected chi connectivity index (χ3v) is 8.74. The van der Waals surface area contributed by atoms with Crippen molar-refractivity contribution in [1.29, 1.82) is 0 Å². The van der Waals surface area contributed by atoms with Gasteiger partial charge in [-0.1, -0.05) is 36.5 Å². The molecule has 0 radical (unpaired) electrons. The fourth-order valence-corrected chi connectivity index (χ4v) is 6.04. The van der Waals surface area contributed by atoms with E-state index in [1.165, 1.54) is 6.33 Å². The third-order valence-electron chi connectivity index (χ3n) is 5.92. The van der Waals surface area contributed by atoms with Gasteiger partial charge in [-0.05, 0) is 30.7 Å². The number of nitrogens with zero attached hydrogens (tertiary/aromatic N) is 2. The van der Waals surface area contributed by atoms with Crippen LogP contribution in [-0.4, -0.2) is 63.7 Å². The Morgan fingerprint density at radius 2 is 2.00 bits per heavy atom. The van der Waals surface area contributed by atoms with Gasteiger partial charge in [0.25, 0.3) is 10.0 Å². The molecule has 2 atom stereocenters. The van der Waals surface area contributed by atoms with Crippen LogP contribution in [0.25, 0.3) is 10.9 Å². The van der Waals surface area contributed by atoms with E-state index >= 15 is 0 Å². The van der Waals surface area contributed by atoms with E-state index in [0.29, 0.717) is 63.3 Å². The number of quaternary nitrogens is 1. The minimum atomic E-state index is -3.22. The SMILES string of the molecule is CCCCS(=O)(=O)[NH+]1CCOC(COc2cc3ncnc(Nc4ccc(Cl)c(Cl)c4)c3cc2OC)C1. The number of nitrogens with one attached hydrogen (secondary N) is 2. The molecule has 0 aliphatic carbocycles. The molecule has 0 amide bonds. The first kappa shape index (κ1) is 26.7. The summed E-state index contributed by atoms with van der Waals surface area (Å²) in [5.74, 6) is 1.72. The molecule has 2 N–H and O–H groups in total. The second-order valence-corrected chi connectivity index (χ2v) is 11.5. The number of anilines is 2. The number of rotatable bonds is 10. The van der Waals surface area contributed by atoms with Crippen molar-refractivity contribution in [2.24, 2.45) is 0 Å². The first-order chi connectivity index (χ1) is 17.3. The highest BCUT2D eigenvalue weighted by Crippen LogP contribution is 2.35. The fourth-order valence-electron chi connectivity index (χ4n) is 3.95. The van der Waals surface area contributed by atoms with E-state index in [1.54, 1.807) is 37.4 Å². The smallest absolute Gasteiger partial charge is 0.295 e. The van der Waals surface area contributed by atoms with E-state index in [9.17, 15) is 8.42 Å². The number of fused-ring (bicyclic) bond motifs is 1. The number of benzene rings is 2. The molecule has 0 spiro atoms. The van der Waals surface area contributed by atoms with Crippen LogP contribution < -0.4 is 19.1 Å². The number of methoxy groups -OCH3 is 1. The summed E-state index contributed by atoms with van der Waals surface area (Å²) in [5, 5.41) is 4.84. The van der Waals surface area contributed by atoms with Gasteiger partial charge < -0.3 is 19.5 Å². The first-order valence-electron chi connectivity index (χ1n) is 11.7. The second kappa shape index (κ2) is 11.8. The van der Waals surface area contributed by atoms with Gasteiger partial charge >= 0.3 is 0 Å². The average molecular weight is 556 g/mol. The van der Waals surface area contributed by atoms with Crippen LogP contribution in [0.3, 0.4) is 0 Å². The van der Waals surface area contributed by atoms with Crippen LogP contribution in [0.4, 0.5) is 11.5 Å². The quantitative estimate of drug-likeness (QED) is 0.391. The minimum absolute atomic E-state index is 0.184. The monoisotopic (exact) mass is 555 g/mol. The van der Waals surface area contributed by atoms with Crippen LogP contribution in [0, 0.1) is 0 Å². The summed E-state index contributed by atoms with van der Waals surface area (Å²) in [6, 6.07) is 8.77. The predicted molar refractivity (Wildman–Crippen MR) is 140 cm³/mol. The Balaban J connectivity index is 1.50. The maximum Gasteiger partial charge on any atom is 0.295 e. The van der Waals surface area contributed by atoms with Crippen LogP contribution in [0.5, 0.6) is 11.5 Å². The maximum absolute atomic E-state index is 12.6. The summed E-state index contributed by atoms with van der Waals surface area (Å²) in [5.41, 5.74) is 1.36. The van der Waals surface area contributed by atoms with Crippen molar-refractivity contribution in [3.05, 3.63) is 46.7 Å². The van der Waals surface area contributed by atoms with E-state index in [-0.39, 0.29) is 18.5 Å². The first-order valence-corrected chi connectivity index (χ1v) is 14.1. The van der Waals surface area contributed by atoms with Gasteiger partial charge in [-0.3, -0.25) is 0 Å². The molecule has 0 bridgehead atoms. The summed E-state index contributed by atoms with van der Waals surface area (Å²) in [4.78, 5) is 8.73. The lowest BCUT2D eigenvalue weighted by molar-refractivity contribution is -0.784. The van der Waals surface area contributed by atoms with Gasteiger partial charge in [0.05, 0.1) is 29.3 Å². The Hall–Kier alpha value is -2.37. The van der Waals surface area contributed by atoms with E-state index < -0.39 is 10.0 Å². The van der Waals surface area contributed by atoms with E-state index in [2.05, 4.69) is 15.3 Å². The normalized spacial score (nSPS) is 18.2. The fraction of sp³-hybridized carbons (Fsp3) is 0.417. The molecule has 1 aromatic heterocycles. The summed E-state index contributed by atoms with van der Waals surface area (Å²) in [6.45, 7) is 3.30. The molecule has 2 heterocycles. The van der Waals surface area contributed by atoms with Crippen LogP contribution in [-0.2, 0) is 14.8 Å². The zero-order valence-electron chi connectivity index (χ0n) is 20.1. The second-order valence-electron chi connectivity index (χ2n) is 8.47. The number of hydrogen-bond acceptors (Lipinski definition) is 8. The lowest BCUT2D eigenvalue weighted by atomic mass is 10.2. The van der Waals surface area contributed by atoms with Crippen molar-refractivity contribution < 1.29 is 26.9 Å². The molecule has 1 aliphatic heterocycles. The Morgan fingerprint density at radius 3 is 2.75 bits per heavy atom. The van der Waals surface area contributed by atoms with Gasteiger partial charge in [0, 0.05) is 17.1 Å². The standard InChI is InChI=1S/C24H28Cl2N4O5S/c1-3-4-9-36(31,32)30-7-8-34-17(13-30)14-35-23-12-21-18(11-22(23)33-2)24(28-15-27-21)29-16-5-6-19(25)20(26)10-16/h5-6,10-12,15,17H,3-4,7-9,13-14H2,1-2H3,(H,27,28,29)/p+1. The third kappa shape index (κ3) is 6.30. The molecule has 1 aliphatic rings. The number of ether oxygens (including phenoxy) is 3. The highest BCUT2D eigenvalue weighted by molar-refractivity contribution is 7.85. The lowest BCUT2D eigenvalue weighted by Gasteiger charge is -2.29. The lowest BCUT2D eigenvalue weighted by Crippen LogP contribution is -3.16. The molecule has 3 aromatic rings. The largest absolute Gasteiger partial charge is 0.493 e. The molecule has 36 heavy (non-hydrogen) atoms. The Labute approximate surface area is 220 Å². The van der Waals surface area contributed by atoms with Crippen LogP contribution in [0.1, 0.15) is 19.8 Å². The highest BCUT2D eigenvalue weighted by atomic mass is 35.5. The molecule has 2 unspecified atom stereocenters. The molecule has 12 heteroatoms.